The number of amides is 1. The van der Waals surface area contributed by atoms with Crippen LogP contribution in [0.5, 0.6) is 0 Å². The Balaban J connectivity index is 2.14. The number of halogens is 2. The quantitative estimate of drug-likeness (QED) is 0.805. The number of rotatable bonds is 3. The van der Waals surface area contributed by atoms with Gasteiger partial charge in [-0.25, -0.2) is 4.39 Å². The van der Waals surface area contributed by atoms with Crippen molar-refractivity contribution >= 4 is 51.1 Å². The number of benzene rings is 1. The van der Waals surface area contributed by atoms with E-state index in [0.717, 1.165) is 10.6 Å². The molecule has 1 amide bonds. The van der Waals surface area contributed by atoms with E-state index in [2.05, 4.69) is 26.2 Å². The minimum Gasteiger partial charge on any atom is -0.341 e. The van der Waals surface area contributed by atoms with Crippen molar-refractivity contribution in [2.75, 3.05) is 5.32 Å². The molecule has 2 rings (SSSR count). The molecule has 0 saturated carbocycles. The van der Waals surface area contributed by atoms with Crippen LogP contribution in [0.25, 0.3) is 0 Å². The van der Waals surface area contributed by atoms with E-state index >= 15 is 0 Å². The highest BCUT2D eigenvalue weighted by Crippen LogP contribution is 2.25. The first kappa shape index (κ1) is 14.4. The minimum absolute atomic E-state index is 0.157. The van der Waals surface area contributed by atoms with Gasteiger partial charge in [0, 0.05) is 15.0 Å². The van der Waals surface area contributed by atoms with E-state index in [4.69, 9.17) is 12.2 Å². The molecule has 1 aromatic heterocycles. The van der Waals surface area contributed by atoms with Crippen molar-refractivity contribution in [3.63, 3.8) is 0 Å². The summed E-state index contributed by atoms with van der Waals surface area (Å²) in [5, 5.41) is 2.56. The summed E-state index contributed by atoms with van der Waals surface area (Å²) >= 11 is 9.57. The molecule has 0 bridgehead atoms. The summed E-state index contributed by atoms with van der Waals surface area (Å²) in [6.45, 7) is 1.86. The molecule has 0 fully saturated rings. The summed E-state index contributed by atoms with van der Waals surface area (Å²) in [6.07, 6.45) is 0.171. The van der Waals surface area contributed by atoms with Crippen molar-refractivity contribution in [1.29, 1.82) is 0 Å². The smallest absolute Gasteiger partial charge is 0.229 e. The third-order valence-corrected chi connectivity index (χ3v) is 4.47. The molecule has 1 aromatic carbocycles. The van der Waals surface area contributed by atoms with Crippen molar-refractivity contribution < 1.29 is 9.18 Å². The van der Waals surface area contributed by atoms with Crippen LogP contribution in [-0.4, -0.2) is 10.9 Å². The Hall–Kier alpha value is -1.05. The molecule has 0 spiro atoms. The lowest BCUT2D eigenvalue weighted by atomic mass is 10.2. The van der Waals surface area contributed by atoms with Gasteiger partial charge in [0.15, 0.2) is 3.95 Å². The lowest BCUT2D eigenvalue weighted by Gasteiger charge is -2.08. The van der Waals surface area contributed by atoms with Gasteiger partial charge in [-0.1, -0.05) is 6.07 Å². The van der Waals surface area contributed by atoms with Gasteiger partial charge in [0.05, 0.1) is 12.1 Å². The predicted molar refractivity (Wildman–Crippen MR) is 80.7 cm³/mol. The van der Waals surface area contributed by atoms with Gasteiger partial charge in [-0.2, -0.15) is 0 Å². The maximum absolute atomic E-state index is 13.6. The summed E-state index contributed by atoms with van der Waals surface area (Å²) in [5.41, 5.74) is 1.03. The van der Waals surface area contributed by atoms with Gasteiger partial charge in [-0.05, 0) is 47.2 Å². The maximum Gasteiger partial charge on any atom is 0.229 e. The number of aromatic amines is 1. The Bertz CT molecular complexity index is 660. The number of para-hydroxylation sites is 1. The number of H-pyrrole nitrogens is 1. The van der Waals surface area contributed by atoms with E-state index < -0.39 is 5.82 Å². The predicted octanol–water partition coefficient (Wildman–Crippen LogP) is 4.20. The summed E-state index contributed by atoms with van der Waals surface area (Å²) in [7, 11) is 0. The first-order valence-electron chi connectivity index (χ1n) is 5.40. The zero-order valence-electron chi connectivity index (χ0n) is 9.92. The second kappa shape index (κ2) is 5.94. The van der Waals surface area contributed by atoms with Gasteiger partial charge < -0.3 is 10.3 Å². The monoisotopic (exact) mass is 360 g/mol. The van der Waals surface area contributed by atoms with E-state index in [1.165, 1.54) is 17.4 Å². The lowest BCUT2D eigenvalue weighted by Crippen LogP contribution is -2.15. The van der Waals surface area contributed by atoms with Gasteiger partial charge in [-0.15, -0.1) is 11.3 Å². The molecule has 0 atom stereocenters. The standard InChI is InChI=1S/C12H10BrFN2OS2/c1-6-9(19-12(18)15-6)5-10(17)16-11-7(13)3-2-4-8(11)14/h2-4H,5H2,1H3,(H,15,18)(H,16,17). The molecular weight excluding hydrogens is 351 g/mol. The molecule has 0 aliphatic heterocycles. The molecule has 0 radical (unpaired) electrons. The Morgan fingerprint density at radius 2 is 2.32 bits per heavy atom. The molecule has 0 unspecified atom stereocenters. The lowest BCUT2D eigenvalue weighted by molar-refractivity contribution is -0.115. The number of aryl methyl sites for hydroxylation is 1. The van der Waals surface area contributed by atoms with Gasteiger partial charge in [0.2, 0.25) is 5.91 Å². The Morgan fingerprint density at radius 3 is 2.89 bits per heavy atom. The topological polar surface area (TPSA) is 44.9 Å². The molecule has 0 saturated heterocycles. The molecule has 19 heavy (non-hydrogen) atoms. The van der Waals surface area contributed by atoms with Crippen LogP contribution in [0.3, 0.4) is 0 Å². The number of thiazole rings is 1. The molecule has 7 heteroatoms. The number of hydrogen-bond acceptors (Lipinski definition) is 3. The molecule has 2 aromatic rings. The van der Waals surface area contributed by atoms with E-state index in [1.807, 2.05) is 6.92 Å². The minimum atomic E-state index is -0.471. The average Bonchev–Trinajstić information content (AvgIpc) is 2.63. The normalized spacial score (nSPS) is 10.5. The van der Waals surface area contributed by atoms with E-state index in [0.29, 0.717) is 8.43 Å². The van der Waals surface area contributed by atoms with Crippen LogP contribution >= 0.6 is 39.5 Å². The SMILES string of the molecule is Cc1[nH]c(=S)sc1CC(=O)Nc1c(F)cccc1Br. The Morgan fingerprint density at radius 1 is 1.58 bits per heavy atom. The van der Waals surface area contributed by atoms with Gasteiger partial charge in [0.25, 0.3) is 0 Å². The van der Waals surface area contributed by atoms with Gasteiger partial charge in [0.1, 0.15) is 5.82 Å². The Kier molecular flexibility index (Phi) is 4.49. The summed E-state index contributed by atoms with van der Waals surface area (Å²) in [6, 6.07) is 4.53. The second-order valence-electron chi connectivity index (χ2n) is 3.88. The summed E-state index contributed by atoms with van der Waals surface area (Å²) in [4.78, 5) is 15.7. The largest absolute Gasteiger partial charge is 0.341 e. The summed E-state index contributed by atoms with van der Waals surface area (Å²) < 4.78 is 14.7. The maximum atomic E-state index is 13.6. The van der Waals surface area contributed by atoms with E-state index in [-0.39, 0.29) is 18.0 Å². The number of aromatic nitrogens is 1. The third kappa shape index (κ3) is 3.49. The number of hydrogen-bond donors (Lipinski definition) is 2. The number of carbonyl (C=O) groups excluding carboxylic acids is 1. The van der Waals surface area contributed by atoms with Gasteiger partial charge >= 0.3 is 0 Å². The highest BCUT2D eigenvalue weighted by atomic mass is 79.9. The average molecular weight is 361 g/mol. The molecule has 100 valence electrons. The van der Waals surface area contributed by atoms with Crippen LogP contribution in [0.15, 0.2) is 22.7 Å². The van der Waals surface area contributed by atoms with Crippen LogP contribution in [0, 0.1) is 16.7 Å². The molecule has 0 aliphatic carbocycles. The first-order chi connectivity index (χ1) is 8.97. The third-order valence-electron chi connectivity index (χ3n) is 2.47. The van der Waals surface area contributed by atoms with Gasteiger partial charge in [-0.3, -0.25) is 4.79 Å². The molecule has 0 aliphatic rings. The van der Waals surface area contributed by atoms with Crippen molar-refractivity contribution in [1.82, 2.24) is 4.98 Å². The first-order valence-corrected chi connectivity index (χ1v) is 7.41. The van der Waals surface area contributed by atoms with Crippen LogP contribution in [0.2, 0.25) is 0 Å². The highest BCUT2D eigenvalue weighted by Gasteiger charge is 2.13. The second-order valence-corrected chi connectivity index (χ2v) is 6.51. The van der Waals surface area contributed by atoms with Crippen LogP contribution < -0.4 is 5.32 Å². The van der Waals surface area contributed by atoms with E-state index in [1.54, 1.807) is 12.1 Å². The molecule has 1 heterocycles. The van der Waals surface area contributed by atoms with E-state index in [9.17, 15) is 9.18 Å². The fraction of sp³-hybridized carbons (Fsp3) is 0.167. The molecular formula is C12H10BrFN2OS2. The van der Waals surface area contributed by atoms with Crippen molar-refractivity contribution in [2.24, 2.45) is 0 Å². The van der Waals surface area contributed by atoms with Crippen LogP contribution in [0.4, 0.5) is 10.1 Å². The fourth-order valence-electron chi connectivity index (χ4n) is 1.55. The van der Waals surface area contributed by atoms with Crippen molar-refractivity contribution in [3.8, 4) is 0 Å². The van der Waals surface area contributed by atoms with Crippen molar-refractivity contribution in [2.45, 2.75) is 13.3 Å². The fourth-order valence-corrected chi connectivity index (χ4v) is 3.28. The van der Waals surface area contributed by atoms with Crippen molar-refractivity contribution in [3.05, 3.63) is 43.0 Å². The zero-order chi connectivity index (χ0) is 14.0. The number of carbonyl (C=O) groups is 1. The Labute approximate surface area is 127 Å². The zero-order valence-corrected chi connectivity index (χ0v) is 13.1. The number of anilines is 1. The summed E-state index contributed by atoms with van der Waals surface area (Å²) in [5.74, 6) is -0.750. The number of nitrogens with one attached hydrogen (secondary N) is 2. The molecule has 2 N–H and O–H groups in total. The van der Waals surface area contributed by atoms with Crippen LogP contribution in [0.1, 0.15) is 10.6 Å². The van der Waals surface area contributed by atoms with Crippen LogP contribution in [-0.2, 0) is 11.2 Å². The molecule has 3 nitrogen and oxygen atoms in total. The highest BCUT2D eigenvalue weighted by molar-refractivity contribution is 9.10.